The van der Waals surface area contributed by atoms with E-state index < -0.39 is 6.04 Å². The van der Waals surface area contributed by atoms with Crippen molar-refractivity contribution in [3.05, 3.63) is 59.2 Å². The van der Waals surface area contributed by atoms with Gasteiger partial charge >= 0.3 is 0 Å². The van der Waals surface area contributed by atoms with Gasteiger partial charge in [-0.15, -0.1) is 10.2 Å². The number of amides is 1. The minimum Gasteiger partial charge on any atom is -0.324 e. The van der Waals surface area contributed by atoms with Crippen molar-refractivity contribution in [2.75, 3.05) is 5.32 Å². The molecule has 0 aliphatic heterocycles. The van der Waals surface area contributed by atoms with Crippen molar-refractivity contribution in [2.24, 2.45) is 0 Å². The average molecular weight is 349 g/mol. The number of aromatic nitrogens is 4. The number of benzene rings is 2. The fraction of sp³-hybridized carbons (Fsp3) is 0.300. The number of anilines is 1. The predicted molar refractivity (Wildman–Crippen MR) is 102 cm³/mol. The highest BCUT2D eigenvalue weighted by molar-refractivity contribution is 5.94. The molecule has 2 aromatic carbocycles. The lowest BCUT2D eigenvalue weighted by Gasteiger charge is -2.13. The first-order valence-electron chi connectivity index (χ1n) is 8.75. The number of carbonyl (C=O) groups is 1. The second kappa shape index (κ2) is 7.47. The number of rotatable bonds is 5. The lowest BCUT2D eigenvalue weighted by Crippen LogP contribution is -2.25. The SMILES string of the molecule is CCc1ccc(-c2nnn(C(C)C(=O)Nc3ccc(C)cc3C)n2)cc1. The normalized spacial score (nSPS) is 12.0. The Bertz CT molecular complexity index is 914. The fourth-order valence-corrected chi connectivity index (χ4v) is 2.69. The van der Waals surface area contributed by atoms with Gasteiger partial charge in [0, 0.05) is 11.3 Å². The summed E-state index contributed by atoms with van der Waals surface area (Å²) in [4.78, 5) is 13.9. The molecule has 1 unspecified atom stereocenters. The maximum Gasteiger partial charge on any atom is 0.250 e. The van der Waals surface area contributed by atoms with Crippen LogP contribution in [0.3, 0.4) is 0 Å². The van der Waals surface area contributed by atoms with Crippen LogP contribution >= 0.6 is 0 Å². The van der Waals surface area contributed by atoms with Gasteiger partial charge in [0.15, 0.2) is 0 Å². The van der Waals surface area contributed by atoms with Crippen LogP contribution in [0.25, 0.3) is 11.4 Å². The smallest absolute Gasteiger partial charge is 0.250 e. The molecule has 0 saturated heterocycles. The minimum atomic E-state index is -0.563. The van der Waals surface area contributed by atoms with Crippen molar-refractivity contribution in [3.63, 3.8) is 0 Å². The second-order valence-electron chi connectivity index (χ2n) is 6.47. The van der Waals surface area contributed by atoms with E-state index in [1.807, 2.05) is 56.3 Å². The third-order valence-corrected chi connectivity index (χ3v) is 4.41. The molecule has 0 spiro atoms. The summed E-state index contributed by atoms with van der Waals surface area (Å²) in [7, 11) is 0. The van der Waals surface area contributed by atoms with Gasteiger partial charge in [-0.1, -0.05) is 48.9 Å². The first-order valence-corrected chi connectivity index (χ1v) is 8.75. The molecule has 6 heteroatoms. The van der Waals surface area contributed by atoms with Crippen molar-refractivity contribution in [2.45, 2.75) is 40.2 Å². The van der Waals surface area contributed by atoms with Crippen LogP contribution in [0.4, 0.5) is 5.69 Å². The molecule has 0 fully saturated rings. The minimum absolute atomic E-state index is 0.178. The summed E-state index contributed by atoms with van der Waals surface area (Å²) in [6.07, 6.45) is 0.982. The molecule has 3 aromatic rings. The van der Waals surface area contributed by atoms with E-state index in [1.165, 1.54) is 10.4 Å². The molecule has 0 bridgehead atoms. The van der Waals surface area contributed by atoms with Gasteiger partial charge in [-0.3, -0.25) is 4.79 Å². The molecule has 6 nitrogen and oxygen atoms in total. The highest BCUT2D eigenvalue weighted by atomic mass is 16.2. The number of tetrazole rings is 1. The van der Waals surface area contributed by atoms with Crippen LogP contribution in [0.15, 0.2) is 42.5 Å². The molecule has 3 rings (SSSR count). The summed E-state index contributed by atoms with van der Waals surface area (Å²) in [5.74, 6) is 0.334. The van der Waals surface area contributed by atoms with Crippen LogP contribution in [0.5, 0.6) is 0 Å². The molecule has 0 radical (unpaired) electrons. The van der Waals surface area contributed by atoms with Crippen LogP contribution in [0.2, 0.25) is 0 Å². The Kier molecular flexibility index (Phi) is 5.11. The van der Waals surface area contributed by atoms with E-state index in [1.54, 1.807) is 6.92 Å². The average Bonchev–Trinajstić information content (AvgIpc) is 3.13. The van der Waals surface area contributed by atoms with Gasteiger partial charge in [0.1, 0.15) is 6.04 Å². The van der Waals surface area contributed by atoms with Crippen molar-refractivity contribution in [3.8, 4) is 11.4 Å². The Morgan fingerprint density at radius 3 is 2.54 bits per heavy atom. The third-order valence-electron chi connectivity index (χ3n) is 4.41. The zero-order chi connectivity index (χ0) is 18.7. The molecule has 0 aliphatic carbocycles. The fourth-order valence-electron chi connectivity index (χ4n) is 2.69. The third kappa shape index (κ3) is 3.79. The van der Waals surface area contributed by atoms with Crippen molar-refractivity contribution >= 4 is 11.6 Å². The molecule has 0 aliphatic rings. The standard InChI is InChI=1S/C20H23N5O/c1-5-16-7-9-17(10-8-16)19-22-24-25(23-19)15(4)20(26)21-18-11-6-13(2)12-14(18)3/h6-12,15H,5H2,1-4H3,(H,21,26). The molecular weight excluding hydrogens is 326 g/mol. The number of hydrogen-bond donors (Lipinski definition) is 1. The van der Waals surface area contributed by atoms with Crippen LogP contribution in [-0.4, -0.2) is 26.1 Å². The zero-order valence-corrected chi connectivity index (χ0v) is 15.5. The number of nitrogens with zero attached hydrogens (tertiary/aromatic N) is 4. The second-order valence-corrected chi connectivity index (χ2v) is 6.47. The summed E-state index contributed by atoms with van der Waals surface area (Å²) in [6, 6.07) is 13.4. The number of aryl methyl sites for hydroxylation is 3. The Labute approximate surface area is 153 Å². The topological polar surface area (TPSA) is 72.7 Å². The Balaban J connectivity index is 1.74. The summed E-state index contributed by atoms with van der Waals surface area (Å²) >= 11 is 0. The van der Waals surface area contributed by atoms with Gasteiger partial charge in [0.2, 0.25) is 5.82 Å². The monoisotopic (exact) mass is 349 g/mol. The molecule has 1 aromatic heterocycles. The van der Waals surface area contributed by atoms with E-state index in [2.05, 4.69) is 27.7 Å². The van der Waals surface area contributed by atoms with E-state index in [9.17, 15) is 4.79 Å². The largest absolute Gasteiger partial charge is 0.324 e. The Morgan fingerprint density at radius 2 is 1.88 bits per heavy atom. The van der Waals surface area contributed by atoms with E-state index in [0.29, 0.717) is 5.82 Å². The number of carbonyl (C=O) groups excluding carboxylic acids is 1. The molecule has 1 atom stereocenters. The molecule has 1 heterocycles. The predicted octanol–water partition coefficient (Wildman–Crippen LogP) is 3.72. The Morgan fingerprint density at radius 1 is 1.15 bits per heavy atom. The summed E-state index contributed by atoms with van der Waals surface area (Å²) < 4.78 is 0. The van der Waals surface area contributed by atoms with Gasteiger partial charge in [-0.05, 0) is 49.6 Å². The van der Waals surface area contributed by atoms with Gasteiger partial charge in [0.05, 0.1) is 0 Å². The quantitative estimate of drug-likeness (QED) is 0.762. The van der Waals surface area contributed by atoms with Gasteiger partial charge in [-0.2, -0.15) is 4.80 Å². The van der Waals surface area contributed by atoms with Gasteiger partial charge < -0.3 is 5.32 Å². The van der Waals surface area contributed by atoms with Crippen LogP contribution in [0.1, 0.15) is 36.6 Å². The Hall–Kier alpha value is -3.02. The molecule has 1 N–H and O–H groups in total. The first kappa shape index (κ1) is 17.8. The zero-order valence-electron chi connectivity index (χ0n) is 15.5. The number of nitrogens with one attached hydrogen (secondary N) is 1. The lowest BCUT2D eigenvalue weighted by atomic mass is 10.1. The summed E-state index contributed by atoms with van der Waals surface area (Å²) in [5.41, 5.74) is 5.11. The van der Waals surface area contributed by atoms with Crippen LogP contribution in [0, 0.1) is 13.8 Å². The highest BCUT2D eigenvalue weighted by Crippen LogP contribution is 2.19. The maximum absolute atomic E-state index is 12.5. The lowest BCUT2D eigenvalue weighted by molar-refractivity contribution is -0.119. The van der Waals surface area contributed by atoms with Gasteiger partial charge in [0.25, 0.3) is 5.91 Å². The molecule has 1 amide bonds. The van der Waals surface area contributed by atoms with Crippen molar-refractivity contribution < 1.29 is 4.79 Å². The van der Waals surface area contributed by atoms with E-state index in [-0.39, 0.29) is 5.91 Å². The molecule has 26 heavy (non-hydrogen) atoms. The number of hydrogen-bond acceptors (Lipinski definition) is 4. The molecule has 0 saturated carbocycles. The summed E-state index contributed by atoms with van der Waals surface area (Å²) in [6.45, 7) is 7.86. The van der Waals surface area contributed by atoms with Gasteiger partial charge in [-0.25, -0.2) is 0 Å². The maximum atomic E-state index is 12.5. The highest BCUT2D eigenvalue weighted by Gasteiger charge is 2.19. The van der Waals surface area contributed by atoms with E-state index in [0.717, 1.165) is 28.8 Å². The molecule has 134 valence electrons. The van der Waals surface area contributed by atoms with Crippen LogP contribution < -0.4 is 5.32 Å². The summed E-state index contributed by atoms with van der Waals surface area (Å²) in [5, 5.41) is 15.4. The van der Waals surface area contributed by atoms with Crippen LogP contribution in [-0.2, 0) is 11.2 Å². The van der Waals surface area contributed by atoms with Crippen molar-refractivity contribution in [1.29, 1.82) is 0 Å². The van der Waals surface area contributed by atoms with E-state index in [4.69, 9.17) is 0 Å². The molecular formula is C20H23N5O. The first-order chi connectivity index (χ1) is 12.5. The van der Waals surface area contributed by atoms with Crippen molar-refractivity contribution in [1.82, 2.24) is 20.2 Å². The van der Waals surface area contributed by atoms with E-state index >= 15 is 0 Å².